The number of carboxylic acids is 2. The third kappa shape index (κ3) is 4.52. The average molecular weight is 400 g/mol. The third-order valence-corrected chi connectivity index (χ3v) is 5.55. The number of nitrogens with zero attached hydrogens (tertiary/aromatic N) is 2. The summed E-state index contributed by atoms with van der Waals surface area (Å²) in [6.07, 6.45) is 2.41. The second-order valence-electron chi connectivity index (χ2n) is 6.36. The molecule has 2 N–H and O–H groups in total. The van der Waals surface area contributed by atoms with E-state index < -0.39 is 11.9 Å². The normalized spacial score (nSPS) is 15.1. The molecule has 0 atom stereocenters. The quantitative estimate of drug-likeness (QED) is 0.748. The van der Waals surface area contributed by atoms with E-state index in [9.17, 15) is 4.79 Å². The van der Waals surface area contributed by atoms with E-state index in [-0.39, 0.29) is 5.91 Å². The number of anilines is 2. The molecule has 2 aromatic carbocycles. The Morgan fingerprint density at radius 1 is 0.821 bits per heavy atom. The third-order valence-electron chi connectivity index (χ3n) is 4.42. The summed E-state index contributed by atoms with van der Waals surface area (Å²) in [5, 5.41) is 14.8. The van der Waals surface area contributed by atoms with Crippen molar-refractivity contribution in [3.05, 3.63) is 48.5 Å². The standard InChI is InChI=1S/C18H18N2OS.C2H2O4/c21-18(13-19-11-5-6-12-19)20-14-7-1-3-9-16(14)22-17-10-4-2-8-15(17)20;3-1(4)2(5)6/h1-4,7-10H,5-6,11-13H2;(H,3,4)(H,5,6). The predicted molar refractivity (Wildman–Crippen MR) is 105 cm³/mol. The van der Waals surface area contributed by atoms with Crippen molar-refractivity contribution in [3.8, 4) is 0 Å². The molecule has 2 aliphatic heterocycles. The van der Waals surface area contributed by atoms with Gasteiger partial charge >= 0.3 is 11.9 Å². The van der Waals surface area contributed by atoms with Gasteiger partial charge in [0.25, 0.3) is 0 Å². The van der Waals surface area contributed by atoms with Crippen LogP contribution < -0.4 is 4.90 Å². The zero-order valence-corrected chi connectivity index (χ0v) is 15.9. The Hall–Kier alpha value is -2.84. The molecule has 1 amide bonds. The second-order valence-corrected chi connectivity index (χ2v) is 7.44. The Balaban J connectivity index is 0.000000330. The van der Waals surface area contributed by atoms with Crippen molar-refractivity contribution >= 4 is 41.0 Å². The summed E-state index contributed by atoms with van der Waals surface area (Å²) in [5.74, 6) is -3.48. The van der Waals surface area contributed by atoms with Crippen LogP contribution in [0.2, 0.25) is 0 Å². The Bertz CT molecular complexity index is 838. The number of carboxylic acid groups (broad SMARTS) is 2. The highest BCUT2D eigenvalue weighted by Gasteiger charge is 2.29. The summed E-state index contributed by atoms with van der Waals surface area (Å²) in [6.45, 7) is 2.59. The molecule has 0 saturated carbocycles. The van der Waals surface area contributed by atoms with Crippen molar-refractivity contribution in [1.29, 1.82) is 0 Å². The minimum Gasteiger partial charge on any atom is -0.473 e. The van der Waals surface area contributed by atoms with Crippen LogP contribution in [0.25, 0.3) is 0 Å². The van der Waals surface area contributed by atoms with E-state index in [4.69, 9.17) is 19.8 Å². The second kappa shape index (κ2) is 8.90. The van der Waals surface area contributed by atoms with Gasteiger partial charge in [0.15, 0.2) is 0 Å². The first kappa shape index (κ1) is 19.9. The number of rotatable bonds is 2. The van der Waals surface area contributed by atoms with Crippen LogP contribution in [-0.4, -0.2) is 52.6 Å². The molecule has 7 nitrogen and oxygen atoms in total. The van der Waals surface area contributed by atoms with Gasteiger partial charge in [-0.3, -0.25) is 14.6 Å². The van der Waals surface area contributed by atoms with E-state index in [0.717, 1.165) is 34.3 Å². The fourth-order valence-electron chi connectivity index (χ4n) is 3.18. The van der Waals surface area contributed by atoms with E-state index in [2.05, 4.69) is 17.0 Å². The van der Waals surface area contributed by atoms with E-state index in [1.54, 1.807) is 11.8 Å². The van der Waals surface area contributed by atoms with Crippen molar-refractivity contribution in [2.75, 3.05) is 24.5 Å². The Kier molecular flexibility index (Phi) is 6.33. The van der Waals surface area contributed by atoms with Gasteiger partial charge in [0.2, 0.25) is 5.91 Å². The number of carbonyl (C=O) groups excluding carboxylic acids is 1. The summed E-state index contributed by atoms with van der Waals surface area (Å²) in [7, 11) is 0. The summed E-state index contributed by atoms with van der Waals surface area (Å²) >= 11 is 1.74. The lowest BCUT2D eigenvalue weighted by atomic mass is 10.2. The number of benzene rings is 2. The van der Waals surface area contributed by atoms with Gasteiger partial charge in [-0.15, -0.1) is 0 Å². The molecule has 1 fully saturated rings. The largest absolute Gasteiger partial charge is 0.473 e. The number of hydrogen-bond donors (Lipinski definition) is 2. The topological polar surface area (TPSA) is 98.2 Å². The van der Waals surface area contributed by atoms with Gasteiger partial charge in [-0.1, -0.05) is 36.0 Å². The first-order valence-corrected chi connectivity index (χ1v) is 9.66. The molecule has 4 rings (SSSR count). The van der Waals surface area contributed by atoms with Crippen LogP contribution in [0.3, 0.4) is 0 Å². The van der Waals surface area contributed by atoms with Gasteiger partial charge in [-0.2, -0.15) is 0 Å². The van der Waals surface area contributed by atoms with E-state index in [0.29, 0.717) is 6.54 Å². The van der Waals surface area contributed by atoms with Gasteiger partial charge in [-0.25, -0.2) is 9.59 Å². The summed E-state index contributed by atoms with van der Waals surface area (Å²) < 4.78 is 0. The van der Waals surface area contributed by atoms with Crippen LogP contribution in [0.4, 0.5) is 11.4 Å². The molecule has 0 bridgehead atoms. The van der Waals surface area contributed by atoms with Gasteiger partial charge in [0.05, 0.1) is 17.9 Å². The Morgan fingerprint density at radius 3 is 1.75 bits per heavy atom. The maximum absolute atomic E-state index is 13.0. The lowest BCUT2D eigenvalue weighted by Gasteiger charge is -2.32. The zero-order valence-electron chi connectivity index (χ0n) is 15.1. The maximum atomic E-state index is 13.0. The molecule has 8 heteroatoms. The fraction of sp³-hybridized carbons (Fsp3) is 0.250. The number of likely N-dealkylation sites (tertiary alicyclic amines) is 1. The fourth-order valence-corrected chi connectivity index (χ4v) is 4.23. The molecule has 28 heavy (non-hydrogen) atoms. The van der Waals surface area contributed by atoms with Crippen LogP contribution in [0.1, 0.15) is 12.8 Å². The van der Waals surface area contributed by atoms with E-state index in [1.165, 1.54) is 12.8 Å². The Labute approximate surface area is 166 Å². The van der Waals surface area contributed by atoms with Crippen molar-refractivity contribution in [3.63, 3.8) is 0 Å². The van der Waals surface area contributed by atoms with Crippen molar-refractivity contribution in [2.45, 2.75) is 22.6 Å². The molecule has 0 spiro atoms. The van der Waals surface area contributed by atoms with Crippen molar-refractivity contribution in [2.24, 2.45) is 0 Å². The molecule has 1 saturated heterocycles. The highest BCUT2D eigenvalue weighted by molar-refractivity contribution is 7.99. The molecule has 2 aromatic rings. The van der Waals surface area contributed by atoms with Crippen LogP contribution in [0.5, 0.6) is 0 Å². The molecule has 2 heterocycles. The maximum Gasteiger partial charge on any atom is 0.414 e. The SMILES string of the molecule is O=C(CN1CCCC1)N1c2ccccc2Sc2ccccc21.O=C(O)C(=O)O. The number of carbonyl (C=O) groups is 3. The van der Waals surface area contributed by atoms with Crippen molar-refractivity contribution in [1.82, 2.24) is 4.90 Å². The minimum atomic E-state index is -1.82. The van der Waals surface area contributed by atoms with E-state index in [1.807, 2.05) is 41.3 Å². The number of para-hydroxylation sites is 2. The van der Waals surface area contributed by atoms with Crippen molar-refractivity contribution < 1.29 is 24.6 Å². The first-order chi connectivity index (χ1) is 13.5. The monoisotopic (exact) mass is 400 g/mol. The zero-order chi connectivity index (χ0) is 20.1. The van der Waals surface area contributed by atoms with Crippen LogP contribution in [-0.2, 0) is 14.4 Å². The number of amides is 1. The Morgan fingerprint density at radius 2 is 1.29 bits per heavy atom. The average Bonchev–Trinajstić information content (AvgIpc) is 3.19. The first-order valence-electron chi connectivity index (χ1n) is 8.85. The molecular formula is C20H20N2O5S. The van der Waals surface area contributed by atoms with E-state index >= 15 is 0 Å². The summed E-state index contributed by atoms with van der Waals surface area (Å²) in [6, 6.07) is 16.3. The lowest BCUT2D eigenvalue weighted by molar-refractivity contribution is -0.159. The van der Waals surface area contributed by atoms with Crippen LogP contribution in [0, 0.1) is 0 Å². The lowest BCUT2D eigenvalue weighted by Crippen LogP contribution is -2.37. The molecule has 0 aromatic heterocycles. The molecule has 146 valence electrons. The summed E-state index contributed by atoms with van der Waals surface area (Å²) in [5.41, 5.74) is 2.02. The van der Waals surface area contributed by atoms with Gasteiger partial charge < -0.3 is 10.2 Å². The van der Waals surface area contributed by atoms with Gasteiger partial charge in [-0.05, 0) is 50.2 Å². The molecule has 0 aliphatic carbocycles. The molecule has 0 radical (unpaired) electrons. The van der Waals surface area contributed by atoms with Crippen LogP contribution >= 0.6 is 11.8 Å². The number of aliphatic carboxylic acids is 2. The molecular weight excluding hydrogens is 380 g/mol. The van der Waals surface area contributed by atoms with Gasteiger partial charge in [0.1, 0.15) is 0 Å². The van der Waals surface area contributed by atoms with Crippen LogP contribution in [0.15, 0.2) is 58.3 Å². The number of fused-ring (bicyclic) bond motifs is 2. The summed E-state index contributed by atoms with van der Waals surface area (Å²) in [4.78, 5) is 37.6. The number of hydrogen-bond acceptors (Lipinski definition) is 5. The predicted octanol–water partition coefficient (Wildman–Crippen LogP) is 3.07. The molecule has 2 aliphatic rings. The molecule has 0 unspecified atom stereocenters. The minimum absolute atomic E-state index is 0.169. The smallest absolute Gasteiger partial charge is 0.414 e. The highest BCUT2D eigenvalue weighted by Crippen LogP contribution is 2.47. The van der Waals surface area contributed by atoms with Gasteiger partial charge in [0, 0.05) is 9.79 Å². The highest BCUT2D eigenvalue weighted by atomic mass is 32.2.